The number of nitrogen functional groups attached to an aromatic ring is 1. The number of benzene rings is 1. The summed E-state index contributed by atoms with van der Waals surface area (Å²) in [6.07, 6.45) is 2.12. The lowest BCUT2D eigenvalue weighted by Crippen LogP contribution is -2.14. The number of nitrogens with two attached hydrogens (primary N) is 1. The standard InChI is InChI=1S/C16H25ClN2O2/c1-16(2,3)8-10-21-9-4-5-15(20)19-14-7-6-12(18)11-13(14)17/h6-7,11H,4-5,8-10,18H2,1-3H3,(H,19,20). The van der Waals surface area contributed by atoms with Crippen LogP contribution in [-0.4, -0.2) is 19.1 Å². The lowest BCUT2D eigenvalue weighted by molar-refractivity contribution is -0.116. The van der Waals surface area contributed by atoms with Crippen molar-refractivity contribution >= 4 is 28.9 Å². The summed E-state index contributed by atoms with van der Waals surface area (Å²) in [5.41, 5.74) is 7.04. The number of hydrogen-bond donors (Lipinski definition) is 2. The molecule has 4 nitrogen and oxygen atoms in total. The molecule has 0 saturated heterocycles. The molecule has 1 aromatic carbocycles. The van der Waals surface area contributed by atoms with Crippen LogP contribution in [0.3, 0.4) is 0 Å². The Balaban J connectivity index is 2.20. The number of carbonyl (C=O) groups excluding carboxylic acids is 1. The molecule has 5 heteroatoms. The summed E-state index contributed by atoms with van der Waals surface area (Å²) in [5, 5.41) is 3.22. The first-order valence-corrected chi connectivity index (χ1v) is 7.58. The normalized spacial score (nSPS) is 11.4. The topological polar surface area (TPSA) is 64.3 Å². The Bertz CT molecular complexity index is 470. The van der Waals surface area contributed by atoms with Gasteiger partial charge in [-0.2, -0.15) is 0 Å². The highest BCUT2D eigenvalue weighted by Gasteiger charge is 2.09. The van der Waals surface area contributed by atoms with Crippen molar-refractivity contribution in [2.45, 2.75) is 40.0 Å². The van der Waals surface area contributed by atoms with Crippen molar-refractivity contribution in [2.75, 3.05) is 24.3 Å². The van der Waals surface area contributed by atoms with E-state index in [4.69, 9.17) is 22.1 Å². The van der Waals surface area contributed by atoms with Crippen LogP contribution in [0.4, 0.5) is 11.4 Å². The summed E-state index contributed by atoms with van der Waals surface area (Å²) in [5.74, 6) is -0.0684. The molecule has 0 aliphatic carbocycles. The van der Waals surface area contributed by atoms with E-state index < -0.39 is 0 Å². The number of halogens is 1. The largest absolute Gasteiger partial charge is 0.399 e. The summed E-state index contributed by atoms with van der Waals surface area (Å²) in [4.78, 5) is 11.8. The van der Waals surface area contributed by atoms with Crippen molar-refractivity contribution in [1.29, 1.82) is 0 Å². The van der Waals surface area contributed by atoms with E-state index in [2.05, 4.69) is 26.1 Å². The van der Waals surface area contributed by atoms with Gasteiger partial charge < -0.3 is 15.8 Å². The number of anilines is 2. The second-order valence-electron chi connectivity index (χ2n) is 6.31. The van der Waals surface area contributed by atoms with Gasteiger partial charge in [0.2, 0.25) is 5.91 Å². The molecule has 1 amide bonds. The van der Waals surface area contributed by atoms with Gasteiger partial charge in [0, 0.05) is 25.3 Å². The van der Waals surface area contributed by atoms with E-state index in [0.717, 1.165) is 13.0 Å². The van der Waals surface area contributed by atoms with Crippen LogP contribution in [0.25, 0.3) is 0 Å². The SMILES string of the molecule is CC(C)(C)CCOCCCC(=O)Nc1ccc(N)cc1Cl. The van der Waals surface area contributed by atoms with Gasteiger partial charge in [0.25, 0.3) is 0 Å². The van der Waals surface area contributed by atoms with Crippen molar-refractivity contribution in [2.24, 2.45) is 5.41 Å². The Kier molecular flexibility index (Phi) is 6.99. The quantitative estimate of drug-likeness (QED) is 0.588. The highest BCUT2D eigenvalue weighted by Crippen LogP contribution is 2.24. The van der Waals surface area contributed by atoms with Gasteiger partial charge in [0.1, 0.15) is 0 Å². The third-order valence-electron chi connectivity index (χ3n) is 2.96. The number of nitrogens with one attached hydrogen (secondary N) is 1. The summed E-state index contributed by atoms with van der Waals surface area (Å²) in [7, 11) is 0. The summed E-state index contributed by atoms with van der Waals surface area (Å²) in [6.45, 7) is 7.87. The van der Waals surface area contributed by atoms with E-state index in [1.165, 1.54) is 0 Å². The zero-order valence-corrected chi connectivity index (χ0v) is 13.8. The van der Waals surface area contributed by atoms with E-state index in [1.54, 1.807) is 18.2 Å². The molecule has 1 rings (SSSR count). The number of rotatable bonds is 7. The third kappa shape index (κ3) is 7.93. The lowest BCUT2D eigenvalue weighted by atomic mass is 9.93. The molecule has 0 heterocycles. The molecule has 0 saturated carbocycles. The molecule has 0 unspecified atom stereocenters. The van der Waals surface area contributed by atoms with Crippen LogP contribution < -0.4 is 11.1 Å². The fourth-order valence-corrected chi connectivity index (χ4v) is 1.90. The minimum Gasteiger partial charge on any atom is -0.399 e. The average Bonchev–Trinajstić information content (AvgIpc) is 2.36. The molecular formula is C16H25ClN2O2. The maximum atomic E-state index is 11.8. The molecule has 0 atom stereocenters. The first-order chi connectivity index (χ1) is 9.78. The number of amides is 1. The van der Waals surface area contributed by atoms with Crippen LogP contribution in [0.5, 0.6) is 0 Å². The molecule has 0 fully saturated rings. The second-order valence-corrected chi connectivity index (χ2v) is 6.72. The monoisotopic (exact) mass is 312 g/mol. The van der Waals surface area contributed by atoms with E-state index in [-0.39, 0.29) is 11.3 Å². The summed E-state index contributed by atoms with van der Waals surface area (Å²) < 4.78 is 5.53. The third-order valence-corrected chi connectivity index (χ3v) is 3.27. The van der Waals surface area contributed by atoms with Gasteiger partial charge in [-0.3, -0.25) is 4.79 Å². The van der Waals surface area contributed by atoms with Gasteiger partial charge >= 0.3 is 0 Å². The molecule has 0 aromatic heterocycles. The number of carbonyl (C=O) groups is 1. The Labute approximate surface area is 132 Å². The fraction of sp³-hybridized carbons (Fsp3) is 0.562. The fourth-order valence-electron chi connectivity index (χ4n) is 1.66. The first-order valence-electron chi connectivity index (χ1n) is 7.20. The average molecular weight is 313 g/mol. The van der Waals surface area contributed by atoms with Crippen LogP contribution in [0.1, 0.15) is 40.0 Å². The van der Waals surface area contributed by atoms with Gasteiger partial charge in [-0.15, -0.1) is 0 Å². The molecule has 118 valence electrons. The minimum absolute atomic E-state index is 0.0684. The minimum atomic E-state index is -0.0684. The second kappa shape index (κ2) is 8.25. The van der Waals surface area contributed by atoms with Crippen molar-refractivity contribution in [3.05, 3.63) is 23.2 Å². The van der Waals surface area contributed by atoms with Crippen LogP contribution >= 0.6 is 11.6 Å². The maximum Gasteiger partial charge on any atom is 0.224 e. The van der Waals surface area contributed by atoms with Crippen molar-refractivity contribution in [1.82, 2.24) is 0 Å². The maximum absolute atomic E-state index is 11.8. The van der Waals surface area contributed by atoms with E-state index in [0.29, 0.717) is 35.8 Å². The van der Waals surface area contributed by atoms with Crippen LogP contribution in [0, 0.1) is 5.41 Å². The molecule has 1 aromatic rings. The Morgan fingerprint density at radius 2 is 2.05 bits per heavy atom. The van der Waals surface area contributed by atoms with Gasteiger partial charge in [-0.05, 0) is 36.5 Å². The molecule has 0 radical (unpaired) electrons. The highest BCUT2D eigenvalue weighted by molar-refractivity contribution is 6.34. The van der Waals surface area contributed by atoms with Crippen molar-refractivity contribution in [3.8, 4) is 0 Å². The van der Waals surface area contributed by atoms with Crippen molar-refractivity contribution < 1.29 is 9.53 Å². The predicted octanol–water partition coefficient (Wildman–Crippen LogP) is 4.09. The van der Waals surface area contributed by atoms with Gasteiger partial charge in [0.05, 0.1) is 10.7 Å². The van der Waals surface area contributed by atoms with Crippen molar-refractivity contribution in [3.63, 3.8) is 0 Å². The van der Waals surface area contributed by atoms with E-state index in [1.807, 2.05) is 0 Å². The summed E-state index contributed by atoms with van der Waals surface area (Å²) in [6, 6.07) is 5.03. The zero-order chi connectivity index (χ0) is 15.9. The molecular weight excluding hydrogens is 288 g/mol. The molecule has 0 spiro atoms. The smallest absolute Gasteiger partial charge is 0.224 e. The van der Waals surface area contributed by atoms with Gasteiger partial charge in [-0.1, -0.05) is 32.4 Å². The number of hydrogen-bond acceptors (Lipinski definition) is 3. The van der Waals surface area contributed by atoms with Crippen LogP contribution in [-0.2, 0) is 9.53 Å². The van der Waals surface area contributed by atoms with Gasteiger partial charge in [0.15, 0.2) is 0 Å². The first kappa shape index (κ1) is 17.8. The highest BCUT2D eigenvalue weighted by atomic mass is 35.5. The molecule has 0 bridgehead atoms. The Morgan fingerprint density at radius 1 is 1.33 bits per heavy atom. The molecule has 21 heavy (non-hydrogen) atoms. The molecule has 0 aliphatic rings. The number of ether oxygens (including phenoxy) is 1. The van der Waals surface area contributed by atoms with Gasteiger partial charge in [-0.25, -0.2) is 0 Å². The molecule has 3 N–H and O–H groups in total. The molecule has 0 aliphatic heterocycles. The zero-order valence-electron chi connectivity index (χ0n) is 13.0. The van der Waals surface area contributed by atoms with Crippen LogP contribution in [0.2, 0.25) is 5.02 Å². The van der Waals surface area contributed by atoms with Crippen LogP contribution in [0.15, 0.2) is 18.2 Å². The van der Waals surface area contributed by atoms with E-state index >= 15 is 0 Å². The predicted molar refractivity (Wildman–Crippen MR) is 88.6 cm³/mol. The van der Waals surface area contributed by atoms with E-state index in [9.17, 15) is 4.79 Å². The Morgan fingerprint density at radius 3 is 2.67 bits per heavy atom. The summed E-state index contributed by atoms with van der Waals surface area (Å²) >= 11 is 6.00. The lowest BCUT2D eigenvalue weighted by Gasteiger charge is -2.17. The Hall–Kier alpha value is -1.26.